The van der Waals surface area contributed by atoms with Crippen LogP contribution in [0.4, 0.5) is 0 Å². The highest BCUT2D eigenvalue weighted by Gasteiger charge is 2.25. The van der Waals surface area contributed by atoms with E-state index in [1.54, 1.807) is 6.26 Å². The number of furan rings is 1. The smallest absolute Gasteiger partial charge is 0.136 e. The van der Waals surface area contributed by atoms with Crippen LogP contribution in [0.25, 0.3) is 21.9 Å². The highest BCUT2D eigenvalue weighted by Crippen LogP contribution is 2.33. The third-order valence-electron chi connectivity index (χ3n) is 4.28. The third-order valence-corrected chi connectivity index (χ3v) is 4.28. The number of nitrogens with zero attached hydrogens (tertiary/aromatic N) is 2. The average molecular weight is 255 g/mol. The van der Waals surface area contributed by atoms with Crippen molar-refractivity contribution in [3.63, 3.8) is 0 Å². The molecule has 0 bridgehead atoms. The summed E-state index contributed by atoms with van der Waals surface area (Å²) in [7, 11) is 0. The van der Waals surface area contributed by atoms with E-state index in [-0.39, 0.29) is 6.04 Å². The van der Waals surface area contributed by atoms with Crippen LogP contribution in [0.5, 0.6) is 0 Å². The molecule has 4 heteroatoms. The highest BCUT2D eigenvalue weighted by atomic mass is 16.3. The molecule has 2 heterocycles. The molecule has 1 aromatic carbocycles. The molecule has 1 aliphatic rings. The normalized spacial score (nSPS) is 24.3. The summed E-state index contributed by atoms with van der Waals surface area (Å²) in [5, 5.41) is 6.89. The number of rotatable bonds is 1. The molecule has 19 heavy (non-hydrogen) atoms. The molecule has 4 nitrogen and oxygen atoms in total. The molecule has 2 atom stereocenters. The number of benzene rings is 1. The van der Waals surface area contributed by atoms with E-state index in [4.69, 9.17) is 10.2 Å². The van der Waals surface area contributed by atoms with Gasteiger partial charge in [-0.05, 0) is 31.0 Å². The van der Waals surface area contributed by atoms with Crippen LogP contribution < -0.4 is 5.73 Å². The van der Waals surface area contributed by atoms with Crippen molar-refractivity contribution in [3.8, 4) is 0 Å². The van der Waals surface area contributed by atoms with E-state index >= 15 is 0 Å². The standard InChI is InChI=1S/C15H17N3O/c16-12-3-1-2-4-13(12)18-15-10(9-17-18)5-6-14-11(15)7-8-19-14/h5-9,12-13H,1-4,16H2. The zero-order chi connectivity index (χ0) is 12.8. The zero-order valence-corrected chi connectivity index (χ0v) is 10.7. The summed E-state index contributed by atoms with van der Waals surface area (Å²) < 4.78 is 7.61. The van der Waals surface area contributed by atoms with E-state index in [0.29, 0.717) is 6.04 Å². The van der Waals surface area contributed by atoms with Crippen LogP contribution in [0.15, 0.2) is 35.1 Å². The fraction of sp³-hybridized carbons (Fsp3) is 0.400. The SMILES string of the molecule is NC1CCCCC1n1ncc2ccc3occc3c21. The molecule has 1 aliphatic carbocycles. The van der Waals surface area contributed by atoms with Gasteiger partial charge in [0.25, 0.3) is 0 Å². The first-order valence-corrected chi connectivity index (χ1v) is 6.93. The fourth-order valence-corrected chi connectivity index (χ4v) is 3.28. The molecule has 2 aromatic heterocycles. The molecule has 1 saturated carbocycles. The molecule has 0 saturated heterocycles. The summed E-state index contributed by atoms with van der Waals surface area (Å²) in [6.07, 6.45) is 8.35. The number of aromatic nitrogens is 2. The Morgan fingerprint density at radius 3 is 3.00 bits per heavy atom. The van der Waals surface area contributed by atoms with E-state index < -0.39 is 0 Å². The topological polar surface area (TPSA) is 57.0 Å². The number of fused-ring (bicyclic) bond motifs is 3. The van der Waals surface area contributed by atoms with Gasteiger partial charge >= 0.3 is 0 Å². The van der Waals surface area contributed by atoms with Crippen molar-refractivity contribution in [2.24, 2.45) is 5.73 Å². The van der Waals surface area contributed by atoms with Crippen LogP contribution in [0.3, 0.4) is 0 Å². The molecule has 0 amide bonds. The molecule has 98 valence electrons. The van der Waals surface area contributed by atoms with Crippen molar-refractivity contribution in [1.29, 1.82) is 0 Å². The summed E-state index contributed by atoms with van der Waals surface area (Å²) in [6, 6.07) is 6.61. The largest absolute Gasteiger partial charge is 0.464 e. The van der Waals surface area contributed by atoms with E-state index in [1.807, 2.05) is 18.3 Å². The van der Waals surface area contributed by atoms with Crippen molar-refractivity contribution in [1.82, 2.24) is 9.78 Å². The van der Waals surface area contributed by atoms with Crippen molar-refractivity contribution in [3.05, 3.63) is 30.7 Å². The van der Waals surface area contributed by atoms with Gasteiger partial charge in [-0.25, -0.2) is 0 Å². The summed E-state index contributed by atoms with van der Waals surface area (Å²) in [6.45, 7) is 0. The van der Waals surface area contributed by atoms with Gasteiger partial charge in [-0.15, -0.1) is 0 Å². The second kappa shape index (κ2) is 4.10. The molecule has 3 aromatic rings. The van der Waals surface area contributed by atoms with E-state index in [0.717, 1.165) is 34.7 Å². The summed E-state index contributed by atoms with van der Waals surface area (Å²) in [5.74, 6) is 0. The van der Waals surface area contributed by atoms with Gasteiger partial charge in [0.15, 0.2) is 0 Å². The van der Waals surface area contributed by atoms with Crippen molar-refractivity contribution in [2.45, 2.75) is 37.8 Å². The van der Waals surface area contributed by atoms with Crippen LogP contribution in [0.2, 0.25) is 0 Å². The second-order valence-corrected chi connectivity index (χ2v) is 5.44. The Hall–Kier alpha value is -1.81. The highest BCUT2D eigenvalue weighted by molar-refractivity contribution is 6.03. The van der Waals surface area contributed by atoms with Gasteiger partial charge in [-0.3, -0.25) is 4.68 Å². The molecule has 1 fully saturated rings. The molecular weight excluding hydrogens is 238 g/mol. The Labute approximate surface area is 111 Å². The molecule has 0 aliphatic heterocycles. The maximum absolute atomic E-state index is 6.30. The van der Waals surface area contributed by atoms with Gasteiger partial charge in [0.2, 0.25) is 0 Å². The molecule has 2 N–H and O–H groups in total. The van der Waals surface area contributed by atoms with Crippen LogP contribution >= 0.6 is 0 Å². The second-order valence-electron chi connectivity index (χ2n) is 5.44. The molecule has 0 radical (unpaired) electrons. The van der Waals surface area contributed by atoms with E-state index in [9.17, 15) is 0 Å². The average Bonchev–Trinajstić information content (AvgIpc) is 3.04. The predicted molar refractivity (Wildman–Crippen MR) is 75.0 cm³/mol. The quantitative estimate of drug-likeness (QED) is 0.726. The van der Waals surface area contributed by atoms with Crippen LogP contribution in [-0.2, 0) is 0 Å². The van der Waals surface area contributed by atoms with E-state index in [1.165, 1.54) is 12.8 Å². The lowest BCUT2D eigenvalue weighted by atomic mass is 9.91. The van der Waals surface area contributed by atoms with Gasteiger partial charge in [0.05, 0.1) is 24.0 Å². The van der Waals surface area contributed by atoms with Crippen LogP contribution in [0.1, 0.15) is 31.7 Å². The van der Waals surface area contributed by atoms with Gasteiger partial charge in [-0.1, -0.05) is 12.8 Å². The molecule has 4 rings (SSSR count). The predicted octanol–water partition coefficient (Wildman–Crippen LogP) is 3.22. The Morgan fingerprint density at radius 2 is 2.11 bits per heavy atom. The first-order valence-electron chi connectivity index (χ1n) is 6.93. The first-order chi connectivity index (χ1) is 9.34. The first kappa shape index (κ1) is 11.1. The Kier molecular flexibility index (Phi) is 2.38. The zero-order valence-electron chi connectivity index (χ0n) is 10.7. The monoisotopic (exact) mass is 255 g/mol. The lowest BCUT2D eigenvalue weighted by molar-refractivity contribution is 0.293. The minimum absolute atomic E-state index is 0.207. The summed E-state index contributed by atoms with van der Waals surface area (Å²) in [4.78, 5) is 0. The summed E-state index contributed by atoms with van der Waals surface area (Å²) >= 11 is 0. The lowest BCUT2D eigenvalue weighted by Gasteiger charge is -2.29. The van der Waals surface area contributed by atoms with Gasteiger partial charge in [0, 0.05) is 16.8 Å². The van der Waals surface area contributed by atoms with Gasteiger partial charge < -0.3 is 10.2 Å². The molecule has 0 spiro atoms. The Balaban J connectivity index is 1.96. The fourth-order valence-electron chi connectivity index (χ4n) is 3.28. The number of hydrogen-bond donors (Lipinski definition) is 1. The van der Waals surface area contributed by atoms with Crippen molar-refractivity contribution in [2.75, 3.05) is 0 Å². The molecule has 2 unspecified atom stereocenters. The number of nitrogens with two attached hydrogens (primary N) is 1. The van der Waals surface area contributed by atoms with Crippen molar-refractivity contribution < 1.29 is 4.42 Å². The van der Waals surface area contributed by atoms with Crippen LogP contribution in [0, 0.1) is 0 Å². The van der Waals surface area contributed by atoms with Gasteiger partial charge in [0.1, 0.15) is 5.58 Å². The van der Waals surface area contributed by atoms with E-state index in [2.05, 4.69) is 15.8 Å². The molecular formula is C15H17N3O. The summed E-state index contributed by atoms with van der Waals surface area (Å²) in [5.41, 5.74) is 8.37. The minimum atomic E-state index is 0.207. The van der Waals surface area contributed by atoms with Crippen molar-refractivity contribution >= 4 is 21.9 Å². The third kappa shape index (κ3) is 1.60. The maximum Gasteiger partial charge on any atom is 0.136 e. The Bertz CT molecular complexity index is 727. The maximum atomic E-state index is 6.30. The van der Waals surface area contributed by atoms with Crippen LogP contribution in [-0.4, -0.2) is 15.8 Å². The minimum Gasteiger partial charge on any atom is -0.464 e. The number of hydrogen-bond acceptors (Lipinski definition) is 3. The lowest BCUT2D eigenvalue weighted by Crippen LogP contribution is -2.35. The Morgan fingerprint density at radius 1 is 1.21 bits per heavy atom. The van der Waals surface area contributed by atoms with Gasteiger partial charge in [-0.2, -0.15) is 5.10 Å².